The molecule has 6 nitrogen and oxygen atoms in total. The van der Waals surface area contributed by atoms with Crippen molar-refractivity contribution in [3.8, 4) is 0 Å². The molecule has 3 rings (SSSR count). The molecule has 2 aliphatic heterocycles. The molecular formula is C17H27F3N4O2. The molecule has 0 bridgehead atoms. The molecular weight excluding hydrogens is 349 g/mol. The summed E-state index contributed by atoms with van der Waals surface area (Å²) in [6, 6.07) is -1.49. The van der Waals surface area contributed by atoms with Gasteiger partial charge in [-0.2, -0.15) is 13.2 Å². The maximum atomic E-state index is 13.4. The predicted molar refractivity (Wildman–Crippen MR) is 89.4 cm³/mol. The minimum atomic E-state index is -4.40. The van der Waals surface area contributed by atoms with Crippen molar-refractivity contribution < 1.29 is 22.8 Å². The lowest BCUT2D eigenvalue weighted by atomic mass is 10.1. The topological polar surface area (TPSA) is 64.7 Å². The van der Waals surface area contributed by atoms with Crippen LogP contribution in [-0.4, -0.2) is 79.1 Å². The van der Waals surface area contributed by atoms with Crippen molar-refractivity contribution in [1.82, 2.24) is 20.4 Å². The normalized spacial score (nSPS) is 27.1. The SMILES string of the molecule is O=C(NCC(N1CCNCC1)C(F)(F)F)C1CC(=O)N(C2CCCC2)C1. The first-order valence-corrected chi connectivity index (χ1v) is 9.45. The molecule has 3 fully saturated rings. The van der Waals surface area contributed by atoms with Gasteiger partial charge in [0, 0.05) is 51.7 Å². The summed E-state index contributed by atoms with van der Waals surface area (Å²) in [6.45, 7) is 1.49. The molecule has 1 aliphatic carbocycles. The lowest BCUT2D eigenvalue weighted by Crippen LogP contribution is -2.57. The van der Waals surface area contributed by atoms with Gasteiger partial charge >= 0.3 is 6.18 Å². The number of halogens is 3. The summed E-state index contributed by atoms with van der Waals surface area (Å²) in [7, 11) is 0. The Bertz CT molecular complexity index is 517. The Kier molecular flexibility index (Phi) is 6.06. The van der Waals surface area contributed by atoms with E-state index in [0.717, 1.165) is 25.7 Å². The standard InChI is InChI=1S/C17H27F3N4O2/c18-17(19,20)14(23-7-5-21-6-8-23)10-22-16(26)12-9-15(25)24(11-12)13-3-1-2-4-13/h12-14,21H,1-11H2,(H,22,26). The van der Waals surface area contributed by atoms with Crippen molar-refractivity contribution in [2.45, 2.75) is 50.4 Å². The van der Waals surface area contributed by atoms with E-state index in [-0.39, 0.29) is 18.4 Å². The highest BCUT2D eigenvalue weighted by Crippen LogP contribution is 2.30. The van der Waals surface area contributed by atoms with Crippen molar-refractivity contribution in [3.63, 3.8) is 0 Å². The van der Waals surface area contributed by atoms with Crippen LogP contribution in [0.2, 0.25) is 0 Å². The fourth-order valence-electron chi connectivity index (χ4n) is 4.26. The summed E-state index contributed by atoms with van der Waals surface area (Å²) in [6.07, 6.45) is -0.205. The van der Waals surface area contributed by atoms with Crippen LogP contribution in [0.3, 0.4) is 0 Å². The van der Waals surface area contributed by atoms with E-state index in [1.54, 1.807) is 4.90 Å². The van der Waals surface area contributed by atoms with E-state index >= 15 is 0 Å². The van der Waals surface area contributed by atoms with E-state index in [1.165, 1.54) is 4.90 Å². The molecule has 2 atom stereocenters. The zero-order valence-electron chi connectivity index (χ0n) is 14.9. The fourth-order valence-corrected chi connectivity index (χ4v) is 4.26. The molecule has 2 saturated heterocycles. The van der Waals surface area contributed by atoms with Gasteiger partial charge in [-0.15, -0.1) is 0 Å². The number of nitrogens with zero attached hydrogens (tertiary/aromatic N) is 2. The highest BCUT2D eigenvalue weighted by atomic mass is 19.4. The van der Waals surface area contributed by atoms with Gasteiger partial charge in [-0.3, -0.25) is 14.5 Å². The van der Waals surface area contributed by atoms with Crippen LogP contribution in [0.25, 0.3) is 0 Å². The summed E-state index contributed by atoms with van der Waals surface area (Å²) in [5.74, 6) is -1.03. The number of carbonyl (C=O) groups excluding carboxylic acids is 2. The zero-order valence-corrected chi connectivity index (χ0v) is 14.9. The number of amides is 2. The molecule has 2 heterocycles. The Morgan fingerprint density at radius 3 is 2.50 bits per heavy atom. The van der Waals surface area contributed by atoms with Gasteiger partial charge in [-0.1, -0.05) is 12.8 Å². The third-order valence-corrected chi connectivity index (χ3v) is 5.73. The van der Waals surface area contributed by atoms with Gasteiger partial charge in [0.15, 0.2) is 0 Å². The van der Waals surface area contributed by atoms with E-state index in [4.69, 9.17) is 0 Å². The minimum Gasteiger partial charge on any atom is -0.354 e. The molecule has 0 radical (unpaired) electrons. The third kappa shape index (κ3) is 4.49. The number of hydrogen-bond donors (Lipinski definition) is 2. The van der Waals surface area contributed by atoms with Crippen molar-refractivity contribution in [1.29, 1.82) is 0 Å². The number of alkyl halides is 3. The Hall–Kier alpha value is -1.35. The minimum absolute atomic E-state index is 0.0495. The Morgan fingerprint density at radius 2 is 1.88 bits per heavy atom. The van der Waals surface area contributed by atoms with Gasteiger partial charge < -0.3 is 15.5 Å². The average molecular weight is 376 g/mol. The van der Waals surface area contributed by atoms with Gasteiger partial charge in [0.05, 0.1) is 5.92 Å². The molecule has 0 spiro atoms. The summed E-state index contributed by atoms with van der Waals surface area (Å²) in [5.41, 5.74) is 0. The smallest absolute Gasteiger partial charge is 0.354 e. The van der Waals surface area contributed by atoms with Gasteiger partial charge in [-0.05, 0) is 12.8 Å². The molecule has 26 heavy (non-hydrogen) atoms. The number of piperazine rings is 1. The van der Waals surface area contributed by atoms with Crippen LogP contribution in [-0.2, 0) is 9.59 Å². The fraction of sp³-hybridized carbons (Fsp3) is 0.882. The number of rotatable bonds is 5. The van der Waals surface area contributed by atoms with E-state index in [1.807, 2.05) is 0 Å². The zero-order chi connectivity index (χ0) is 18.7. The molecule has 148 valence electrons. The maximum absolute atomic E-state index is 13.4. The second kappa shape index (κ2) is 8.12. The average Bonchev–Trinajstić information content (AvgIpc) is 3.24. The molecule has 2 unspecified atom stereocenters. The maximum Gasteiger partial charge on any atom is 0.405 e. The molecule has 0 aromatic heterocycles. The largest absolute Gasteiger partial charge is 0.405 e. The highest BCUT2D eigenvalue weighted by Gasteiger charge is 2.45. The number of carbonyl (C=O) groups is 2. The second-order valence-corrected chi connectivity index (χ2v) is 7.47. The molecule has 2 N–H and O–H groups in total. The lowest BCUT2D eigenvalue weighted by molar-refractivity contribution is -0.184. The Balaban J connectivity index is 1.54. The van der Waals surface area contributed by atoms with Crippen LogP contribution in [0.15, 0.2) is 0 Å². The van der Waals surface area contributed by atoms with Crippen LogP contribution in [0.4, 0.5) is 13.2 Å². The number of likely N-dealkylation sites (tertiary alicyclic amines) is 1. The number of hydrogen-bond acceptors (Lipinski definition) is 4. The van der Waals surface area contributed by atoms with Crippen LogP contribution >= 0.6 is 0 Å². The van der Waals surface area contributed by atoms with Crippen molar-refractivity contribution >= 4 is 11.8 Å². The van der Waals surface area contributed by atoms with Gasteiger partial charge in [0.25, 0.3) is 0 Å². The summed E-state index contributed by atoms with van der Waals surface area (Å²) >= 11 is 0. The van der Waals surface area contributed by atoms with E-state index in [0.29, 0.717) is 32.7 Å². The summed E-state index contributed by atoms with van der Waals surface area (Å²) in [4.78, 5) is 27.7. The lowest BCUT2D eigenvalue weighted by Gasteiger charge is -2.36. The van der Waals surface area contributed by atoms with E-state index in [2.05, 4.69) is 10.6 Å². The van der Waals surface area contributed by atoms with E-state index < -0.39 is 30.6 Å². The van der Waals surface area contributed by atoms with Gasteiger partial charge in [-0.25, -0.2) is 0 Å². The molecule has 0 aromatic rings. The molecule has 9 heteroatoms. The second-order valence-electron chi connectivity index (χ2n) is 7.47. The monoisotopic (exact) mass is 376 g/mol. The van der Waals surface area contributed by atoms with Gasteiger partial charge in [0.1, 0.15) is 6.04 Å². The highest BCUT2D eigenvalue weighted by molar-refractivity contribution is 5.89. The molecule has 2 amide bonds. The van der Waals surface area contributed by atoms with Gasteiger partial charge in [0.2, 0.25) is 11.8 Å². The van der Waals surface area contributed by atoms with Crippen LogP contribution < -0.4 is 10.6 Å². The third-order valence-electron chi connectivity index (χ3n) is 5.73. The van der Waals surface area contributed by atoms with Crippen molar-refractivity contribution in [2.75, 3.05) is 39.3 Å². The quantitative estimate of drug-likeness (QED) is 0.743. The number of nitrogens with one attached hydrogen (secondary N) is 2. The first-order valence-electron chi connectivity index (χ1n) is 9.45. The molecule has 1 saturated carbocycles. The molecule has 0 aromatic carbocycles. The first kappa shape index (κ1) is 19.4. The molecule has 3 aliphatic rings. The summed E-state index contributed by atoms with van der Waals surface area (Å²) < 4.78 is 40.2. The summed E-state index contributed by atoms with van der Waals surface area (Å²) in [5, 5.41) is 5.49. The van der Waals surface area contributed by atoms with Crippen molar-refractivity contribution in [2.24, 2.45) is 5.92 Å². The van der Waals surface area contributed by atoms with E-state index in [9.17, 15) is 22.8 Å². The first-order chi connectivity index (χ1) is 12.4. The predicted octanol–water partition coefficient (Wildman–Crippen LogP) is 0.730. The van der Waals surface area contributed by atoms with Crippen LogP contribution in [0.1, 0.15) is 32.1 Å². The van der Waals surface area contributed by atoms with Crippen LogP contribution in [0.5, 0.6) is 0 Å². The van der Waals surface area contributed by atoms with Crippen molar-refractivity contribution in [3.05, 3.63) is 0 Å². The Morgan fingerprint density at radius 1 is 1.23 bits per heavy atom. The van der Waals surface area contributed by atoms with Crippen LogP contribution in [0, 0.1) is 5.92 Å². The Labute approximate surface area is 151 Å².